The molecule has 6 heteroatoms. The van der Waals surface area contributed by atoms with E-state index in [2.05, 4.69) is 25.3 Å². The van der Waals surface area contributed by atoms with E-state index in [1.807, 2.05) is 36.4 Å². The van der Waals surface area contributed by atoms with Gasteiger partial charge in [0.15, 0.2) is 0 Å². The van der Waals surface area contributed by atoms with Crippen LogP contribution in [0.25, 0.3) is 22.4 Å². The van der Waals surface area contributed by atoms with E-state index < -0.39 is 0 Å². The summed E-state index contributed by atoms with van der Waals surface area (Å²) in [5.74, 6) is 0.536. The van der Waals surface area contributed by atoms with Crippen LogP contribution in [0.5, 0.6) is 0 Å². The van der Waals surface area contributed by atoms with Crippen LogP contribution >= 0.6 is 0 Å². The Kier molecular flexibility index (Phi) is 3.01. The maximum Gasteiger partial charge on any atom is 0.324 e. The van der Waals surface area contributed by atoms with Crippen molar-refractivity contribution >= 4 is 16.9 Å². The second kappa shape index (κ2) is 5.14. The van der Waals surface area contributed by atoms with E-state index in [1.165, 1.54) is 0 Å². The molecule has 6 nitrogen and oxygen atoms in total. The normalized spacial score (nSPS) is 15.5. The maximum absolute atomic E-state index is 5.37. The number of rotatable bonds is 2. The molecule has 4 rings (SSSR count). The minimum atomic E-state index is 0.536. The average molecular weight is 281 g/mol. The van der Waals surface area contributed by atoms with Gasteiger partial charge in [-0.25, -0.2) is 4.98 Å². The van der Waals surface area contributed by atoms with Crippen molar-refractivity contribution in [3.8, 4) is 11.5 Å². The van der Waals surface area contributed by atoms with Crippen molar-refractivity contribution in [2.45, 2.75) is 0 Å². The van der Waals surface area contributed by atoms with E-state index in [9.17, 15) is 0 Å². The average Bonchev–Trinajstić information content (AvgIpc) is 3.05. The van der Waals surface area contributed by atoms with Crippen LogP contribution in [0.15, 0.2) is 40.9 Å². The summed E-state index contributed by atoms with van der Waals surface area (Å²) in [6.07, 6.45) is 0. The first kappa shape index (κ1) is 12.3. The van der Waals surface area contributed by atoms with Crippen molar-refractivity contribution in [1.29, 1.82) is 0 Å². The lowest BCUT2D eigenvalue weighted by Crippen LogP contribution is -2.43. The molecule has 3 aromatic rings. The number of nitrogens with zero attached hydrogens (tertiary/aromatic N) is 4. The topological polar surface area (TPSA) is 67.1 Å². The summed E-state index contributed by atoms with van der Waals surface area (Å²) >= 11 is 0. The Morgan fingerprint density at radius 3 is 2.76 bits per heavy atom. The molecule has 0 atom stereocenters. The number of anilines is 1. The fourth-order valence-electron chi connectivity index (χ4n) is 2.49. The highest BCUT2D eigenvalue weighted by atomic mass is 16.5. The Labute approximate surface area is 121 Å². The lowest BCUT2D eigenvalue weighted by Gasteiger charge is -2.24. The van der Waals surface area contributed by atoms with Crippen molar-refractivity contribution in [2.75, 3.05) is 31.1 Å². The van der Waals surface area contributed by atoms with E-state index in [0.717, 1.165) is 42.8 Å². The molecule has 1 saturated heterocycles. The lowest BCUT2D eigenvalue weighted by atomic mass is 10.2. The van der Waals surface area contributed by atoms with Gasteiger partial charge in [-0.05, 0) is 12.1 Å². The molecule has 0 aliphatic carbocycles. The van der Waals surface area contributed by atoms with Gasteiger partial charge < -0.3 is 14.7 Å². The fraction of sp³-hybridized carbons (Fsp3) is 0.267. The molecule has 21 heavy (non-hydrogen) atoms. The number of pyridine rings is 1. The van der Waals surface area contributed by atoms with E-state index in [4.69, 9.17) is 4.52 Å². The summed E-state index contributed by atoms with van der Waals surface area (Å²) in [5, 5.41) is 8.46. The predicted octanol–water partition coefficient (Wildman–Crippen LogP) is 1.69. The fourth-order valence-corrected chi connectivity index (χ4v) is 2.49. The SMILES string of the molecule is c1ccc2nc(-c3noc(N4CCNCC4)n3)ccc2c1. The summed E-state index contributed by atoms with van der Waals surface area (Å²) < 4.78 is 5.37. The zero-order valence-electron chi connectivity index (χ0n) is 11.5. The summed E-state index contributed by atoms with van der Waals surface area (Å²) in [5.41, 5.74) is 1.67. The third kappa shape index (κ3) is 2.34. The first-order chi connectivity index (χ1) is 10.4. The monoisotopic (exact) mass is 281 g/mol. The third-order valence-electron chi connectivity index (χ3n) is 3.63. The predicted molar refractivity (Wildman–Crippen MR) is 80.1 cm³/mol. The zero-order valence-corrected chi connectivity index (χ0v) is 11.5. The summed E-state index contributed by atoms with van der Waals surface area (Å²) in [6.45, 7) is 3.64. The number of hydrogen-bond acceptors (Lipinski definition) is 6. The molecule has 3 heterocycles. The van der Waals surface area contributed by atoms with Crippen LogP contribution in [-0.4, -0.2) is 41.3 Å². The number of piperazine rings is 1. The molecule has 0 amide bonds. The van der Waals surface area contributed by atoms with Crippen molar-refractivity contribution < 1.29 is 4.52 Å². The van der Waals surface area contributed by atoms with Gasteiger partial charge in [0.25, 0.3) is 0 Å². The van der Waals surface area contributed by atoms with Crippen molar-refractivity contribution in [1.82, 2.24) is 20.4 Å². The number of hydrogen-bond donors (Lipinski definition) is 1. The second-order valence-corrected chi connectivity index (χ2v) is 5.03. The molecule has 0 spiro atoms. The largest absolute Gasteiger partial charge is 0.324 e. The van der Waals surface area contributed by atoms with Gasteiger partial charge in [0.05, 0.1) is 5.52 Å². The van der Waals surface area contributed by atoms with Gasteiger partial charge in [-0.2, -0.15) is 4.98 Å². The molecule has 1 aliphatic heterocycles. The van der Waals surface area contributed by atoms with Crippen LogP contribution in [0, 0.1) is 0 Å². The first-order valence-electron chi connectivity index (χ1n) is 7.06. The highest BCUT2D eigenvalue weighted by Gasteiger charge is 2.18. The zero-order chi connectivity index (χ0) is 14.1. The molecular weight excluding hydrogens is 266 g/mol. The minimum absolute atomic E-state index is 0.536. The third-order valence-corrected chi connectivity index (χ3v) is 3.63. The maximum atomic E-state index is 5.37. The first-order valence-corrected chi connectivity index (χ1v) is 7.06. The van der Waals surface area contributed by atoms with E-state index in [-0.39, 0.29) is 0 Å². The van der Waals surface area contributed by atoms with Gasteiger partial charge in [0.1, 0.15) is 5.69 Å². The Morgan fingerprint density at radius 2 is 1.86 bits per heavy atom. The van der Waals surface area contributed by atoms with Crippen molar-refractivity contribution in [2.24, 2.45) is 0 Å². The molecule has 1 fully saturated rings. The number of fused-ring (bicyclic) bond motifs is 1. The quantitative estimate of drug-likeness (QED) is 0.771. The molecule has 0 bridgehead atoms. The van der Waals surface area contributed by atoms with Crippen LogP contribution in [0.2, 0.25) is 0 Å². The number of nitrogens with one attached hydrogen (secondary N) is 1. The summed E-state index contributed by atoms with van der Waals surface area (Å²) in [7, 11) is 0. The molecular formula is C15H15N5O. The lowest BCUT2D eigenvalue weighted by molar-refractivity contribution is 0.405. The van der Waals surface area contributed by atoms with E-state index in [1.54, 1.807) is 0 Å². The van der Waals surface area contributed by atoms with Gasteiger partial charge in [-0.1, -0.05) is 29.4 Å². The Hall–Kier alpha value is -2.47. The van der Waals surface area contributed by atoms with Crippen LogP contribution < -0.4 is 10.2 Å². The van der Waals surface area contributed by atoms with Crippen LogP contribution in [-0.2, 0) is 0 Å². The van der Waals surface area contributed by atoms with Crippen molar-refractivity contribution in [3.63, 3.8) is 0 Å². The second-order valence-electron chi connectivity index (χ2n) is 5.03. The van der Waals surface area contributed by atoms with Gasteiger partial charge in [0, 0.05) is 31.6 Å². The Morgan fingerprint density at radius 1 is 1.00 bits per heavy atom. The number of benzene rings is 1. The molecule has 0 unspecified atom stereocenters. The molecule has 1 aliphatic rings. The highest BCUT2D eigenvalue weighted by molar-refractivity contribution is 5.80. The van der Waals surface area contributed by atoms with Gasteiger partial charge in [0.2, 0.25) is 5.82 Å². The smallest absolute Gasteiger partial charge is 0.322 e. The molecule has 1 N–H and O–H groups in total. The van der Waals surface area contributed by atoms with E-state index >= 15 is 0 Å². The van der Waals surface area contributed by atoms with Gasteiger partial charge >= 0.3 is 6.01 Å². The molecule has 106 valence electrons. The minimum Gasteiger partial charge on any atom is -0.322 e. The molecule has 2 aromatic heterocycles. The van der Waals surface area contributed by atoms with Gasteiger partial charge in [-0.15, -0.1) is 0 Å². The Balaban J connectivity index is 1.67. The summed E-state index contributed by atoms with van der Waals surface area (Å²) in [6, 6.07) is 12.5. The molecule has 0 radical (unpaired) electrons. The highest BCUT2D eigenvalue weighted by Crippen LogP contribution is 2.21. The van der Waals surface area contributed by atoms with Crippen LogP contribution in [0.4, 0.5) is 6.01 Å². The van der Waals surface area contributed by atoms with Crippen LogP contribution in [0.1, 0.15) is 0 Å². The standard InChI is InChI=1S/C15H15N5O/c1-2-4-12-11(3-1)5-6-13(17-12)14-18-15(21-19-14)20-9-7-16-8-10-20/h1-6,16H,7-10H2. The van der Waals surface area contributed by atoms with Gasteiger partial charge in [-0.3, -0.25) is 0 Å². The van der Waals surface area contributed by atoms with E-state index in [0.29, 0.717) is 11.8 Å². The number of para-hydroxylation sites is 1. The van der Waals surface area contributed by atoms with Crippen LogP contribution in [0.3, 0.4) is 0 Å². The Bertz CT molecular complexity index is 763. The van der Waals surface area contributed by atoms with Crippen molar-refractivity contribution in [3.05, 3.63) is 36.4 Å². The molecule has 0 saturated carbocycles. The molecule has 1 aromatic carbocycles. The summed E-state index contributed by atoms with van der Waals surface area (Å²) in [4.78, 5) is 11.1. The number of aromatic nitrogens is 3.